The Morgan fingerprint density at radius 1 is 1.20 bits per heavy atom. The van der Waals surface area contributed by atoms with Crippen molar-refractivity contribution in [1.29, 1.82) is 0 Å². The summed E-state index contributed by atoms with van der Waals surface area (Å²) in [6.07, 6.45) is 9.79. The molecule has 2 aliphatic rings. The second-order valence-electron chi connectivity index (χ2n) is 6.91. The first-order chi connectivity index (χ1) is 12.1. The normalized spacial score (nSPS) is 21.4. The van der Waals surface area contributed by atoms with Crippen LogP contribution in [0.4, 0.5) is 5.69 Å². The first-order valence-corrected chi connectivity index (χ1v) is 10.1. The Hall–Kier alpha value is -2.19. The zero-order chi connectivity index (χ0) is 17.0. The number of anilines is 1. The second kappa shape index (κ2) is 5.40. The number of nitrogens with one attached hydrogen (secondary N) is 2. The van der Waals surface area contributed by atoms with Crippen molar-refractivity contribution in [3.63, 3.8) is 0 Å². The average Bonchev–Trinajstić information content (AvgIpc) is 3.20. The molecular weight excluding hydrogens is 338 g/mol. The van der Waals surface area contributed by atoms with Gasteiger partial charge in [-0.2, -0.15) is 0 Å². The molecule has 1 saturated heterocycles. The highest BCUT2D eigenvalue weighted by Crippen LogP contribution is 2.34. The van der Waals surface area contributed by atoms with E-state index in [-0.39, 0.29) is 11.3 Å². The third-order valence-corrected chi connectivity index (χ3v) is 7.12. The maximum Gasteiger partial charge on any atom is 0.214 e. The van der Waals surface area contributed by atoms with Gasteiger partial charge in [0.15, 0.2) is 0 Å². The molecule has 2 N–H and O–H groups in total. The summed E-state index contributed by atoms with van der Waals surface area (Å²) in [5.41, 5.74) is 1.89. The van der Waals surface area contributed by atoms with Crippen LogP contribution in [0.25, 0.3) is 21.8 Å². The molecule has 0 aromatic carbocycles. The van der Waals surface area contributed by atoms with Crippen LogP contribution in [0.15, 0.2) is 30.9 Å². The smallest absolute Gasteiger partial charge is 0.214 e. The van der Waals surface area contributed by atoms with E-state index in [0.717, 1.165) is 53.3 Å². The van der Waals surface area contributed by atoms with Crippen molar-refractivity contribution < 1.29 is 8.42 Å². The zero-order valence-electron chi connectivity index (χ0n) is 13.6. The summed E-state index contributed by atoms with van der Waals surface area (Å²) >= 11 is 0. The number of aromatic nitrogens is 3. The molecule has 0 radical (unpaired) electrons. The molecule has 0 amide bonds. The van der Waals surface area contributed by atoms with E-state index in [0.29, 0.717) is 6.54 Å². The fourth-order valence-electron chi connectivity index (χ4n) is 3.68. The third kappa shape index (κ3) is 2.56. The number of pyridine rings is 2. The molecule has 130 valence electrons. The molecule has 3 aromatic rings. The zero-order valence-corrected chi connectivity index (χ0v) is 14.5. The van der Waals surface area contributed by atoms with Crippen LogP contribution in [0.2, 0.25) is 0 Å². The Labute approximate surface area is 145 Å². The minimum Gasteiger partial charge on any atom is -0.368 e. The largest absolute Gasteiger partial charge is 0.368 e. The van der Waals surface area contributed by atoms with Crippen LogP contribution in [-0.2, 0) is 10.0 Å². The van der Waals surface area contributed by atoms with Crippen molar-refractivity contribution in [2.24, 2.45) is 0 Å². The fraction of sp³-hybridized carbons (Fsp3) is 0.412. The lowest BCUT2D eigenvalue weighted by Crippen LogP contribution is -2.38. The van der Waals surface area contributed by atoms with Crippen molar-refractivity contribution >= 4 is 37.5 Å². The van der Waals surface area contributed by atoms with Crippen LogP contribution in [0.3, 0.4) is 0 Å². The second-order valence-corrected chi connectivity index (χ2v) is 8.91. The predicted molar refractivity (Wildman–Crippen MR) is 97.1 cm³/mol. The lowest BCUT2D eigenvalue weighted by molar-refractivity contribution is 0.560. The Bertz CT molecular complexity index is 1060. The van der Waals surface area contributed by atoms with Crippen LogP contribution in [-0.4, -0.2) is 47.8 Å². The summed E-state index contributed by atoms with van der Waals surface area (Å²) in [6, 6.07) is 1.99. The number of sulfonamides is 1. The van der Waals surface area contributed by atoms with Gasteiger partial charge in [0.25, 0.3) is 0 Å². The molecular formula is C17H19N5O2S. The molecule has 8 heteroatoms. The summed E-state index contributed by atoms with van der Waals surface area (Å²) in [5.74, 6) is 0. The van der Waals surface area contributed by atoms with E-state index in [1.54, 1.807) is 0 Å². The van der Waals surface area contributed by atoms with Gasteiger partial charge in [0, 0.05) is 53.9 Å². The molecule has 1 aliphatic heterocycles. The highest BCUT2D eigenvalue weighted by Gasteiger charge is 2.38. The maximum atomic E-state index is 12.2. The quantitative estimate of drug-likeness (QED) is 0.743. The summed E-state index contributed by atoms with van der Waals surface area (Å²) in [4.78, 5) is 14.1. The van der Waals surface area contributed by atoms with Crippen molar-refractivity contribution in [3.05, 3.63) is 30.9 Å². The highest BCUT2D eigenvalue weighted by atomic mass is 32.2. The lowest BCUT2D eigenvalue weighted by Gasteiger charge is -2.21. The molecule has 2 fully saturated rings. The minimum atomic E-state index is -3.15. The van der Waals surface area contributed by atoms with Crippen molar-refractivity contribution in [3.8, 4) is 0 Å². The SMILES string of the molecule is O=S(=O)(NC1CCN(c2cncc3cnc4[nH]ccc4c23)C1)C1CC1. The molecule has 0 spiro atoms. The molecule has 7 nitrogen and oxygen atoms in total. The molecule has 1 saturated carbocycles. The Morgan fingerprint density at radius 3 is 2.92 bits per heavy atom. The monoisotopic (exact) mass is 357 g/mol. The van der Waals surface area contributed by atoms with Crippen molar-refractivity contribution in [2.75, 3.05) is 18.0 Å². The number of fused-ring (bicyclic) bond motifs is 3. The van der Waals surface area contributed by atoms with E-state index in [2.05, 4.69) is 24.6 Å². The van der Waals surface area contributed by atoms with Gasteiger partial charge in [0.1, 0.15) is 5.65 Å². The molecule has 0 bridgehead atoms. The molecule has 1 unspecified atom stereocenters. The minimum absolute atomic E-state index is 0.0376. The Morgan fingerprint density at radius 2 is 2.08 bits per heavy atom. The van der Waals surface area contributed by atoms with Gasteiger partial charge < -0.3 is 9.88 Å². The molecule has 4 heterocycles. The van der Waals surface area contributed by atoms with Crippen LogP contribution >= 0.6 is 0 Å². The molecule has 25 heavy (non-hydrogen) atoms. The summed E-state index contributed by atoms with van der Waals surface area (Å²) in [7, 11) is -3.15. The topological polar surface area (TPSA) is 91.0 Å². The van der Waals surface area contributed by atoms with E-state index in [1.165, 1.54) is 0 Å². The highest BCUT2D eigenvalue weighted by molar-refractivity contribution is 7.90. The van der Waals surface area contributed by atoms with E-state index in [4.69, 9.17) is 0 Å². The average molecular weight is 357 g/mol. The van der Waals surface area contributed by atoms with Gasteiger partial charge in [-0.3, -0.25) is 4.98 Å². The van der Waals surface area contributed by atoms with Crippen LogP contribution in [0.5, 0.6) is 0 Å². The number of nitrogens with zero attached hydrogens (tertiary/aromatic N) is 3. The summed E-state index contributed by atoms with van der Waals surface area (Å²) < 4.78 is 27.3. The van der Waals surface area contributed by atoms with Crippen molar-refractivity contribution in [1.82, 2.24) is 19.7 Å². The van der Waals surface area contributed by atoms with Gasteiger partial charge in [-0.05, 0) is 25.3 Å². The van der Waals surface area contributed by atoms with Gasteiger partial charge in [-0.15, -0.1) is 0 Å². The van der Waals surface area contributed by atoms with Gasteiger partial charge >= 0.3 is 0 Å². The number of hydrogen-bond donors (Lipinski definition) is 2. The first kappa shape index (κ1) is 15.1. The predicted octanol–water partition coefficient (Wildman–Crippen LogP) is 1.77. The van der Waals surface area contributed by atoms with Crippen molar-refractivity contribution in [2.45, 2.75) is 30.6 Å². The summed E-state index contributed by atoms with van der Waals surface area (Å²) in [5, 5.41) is 3.00. The number of hydrogen-bond acceptors (Lipinski definition) is 5. The molecule has 3 aromatic heterocycles. The third-order valence-electron chi connectivity index (χ3n) is 5.11. The Kier molecular flexibility index (Phi) is 3.26. The van der Waals surface area contributed by atoms with E-state index < -0.39 is 10.0 Å². The van der Waals surface area contributed by atoms with Crippen LogP contribution in [0.1, 0.15) is 19.3 Å². The standard InChI is InChI=1S/C17H19N5O2S/c23-25(24,13-1-2-13)21-12-4-6-22(10-12)15-9-18-7-11-8-20-17-14(16(11)15)3-5-19-17/h3,5,7-9,12-13,21H,1-2,4,6,10H2,(H,19,20). The van der Waals surface area contributed by atoms with E-state index in [9.17, 15) is 8.42 Å². The van der Waals surface area contributed by atoms with Crippen LogP contribution < -0.4 is 9.62 Å². The van der Waals surface area contributed by atoms with E-state index in [1.807, 2.05) is 30.9 Å². The number of rotatable bonds is 4. The number of aromatic amines is 1. The van der Waals surface area contributed by atoms with Gasteiger partial charge in [0.05, 0.1) is 17.1 Å². The van der Waals surface area contributed by atoms with Crippen LogP contribution in [0, 0.1) is 0 Å². The maximum absolute atomic E-state index is 12.2. The first-order valence-electron chi connectivity index (χ1n) is 8.58. The summed E-state index contributed by atoms with van der Waals surface area (Å²) in [6.45, 7) is 1.48. The van der Waals surface area contributed by atoms with Gasteiger partial charge in [0.2, 0.25) is 10.0 Å². The van der Waals surface area contributed by atoms with E-state index >= 15 is 0 Å². The van der Waals surface area contributed by atoms with Gasteiger partial charge in [-0.1, -0.05) is 0 Å². The Balaban J connectivity index is 1.48. The molecule has 1 aliphatic carbocycles. The number of H-pyrrole nitrogens is 1. The lowest BCUT2D eigenvalue weighted by atomic mass is 10.1. The van der Waals surface area contributed by atoms with Gasteiger partial charge in [-0.25, -0.2) is 18.1 Å². The fourth-order valence-corrected chi connectivity index (χ4v) is 5.29. The molecule has 1 atom stereocenters. The molecule has 5 rings (SSSR count).